The van der Waals surface area contributed by atoms with Crippen LogP contribution in [0.3, 0.4) is 0 Å². The number of amides is 1. The molecule has 1 aromatic heterocycles. The number of rotatable bonds is 4. The molecule has 22 heavy (non-hydrogen) atoms. The lowest BCUT2D eigenvalue weighted by molar-refractivity contribution is -0.130. The summed E-state index contributed by atoms with van der Waals surface area (Å²) in [6.07, 6.45) is 3.93. The van der Waals surface area contributed by atoms with Crippen LogP contribution in [0.15, 0.2) is 16.7 Å². The zero-order valence-electron chi connectivity index (χ0n) is 13.7. The van der Waals surface area contributed by atoms with Crippen molar-refractivity contribution >= 4 is 11.9 Å². The molecule has 4 atom stereocenters. The van der Waals surface area contributed by atoms with Crippen LogP contribution >= 0.6 is 0 Å². The zero-order chi connectivity index (χ0) is 16.3. The van der Waals surface area contributed by atoms with Crippen molar-refractivity contribution in [2.75, 3.05) is 0 Å². The predicted octanol–water partition coefficient (Wildman–Crippen LogP) is 3.07. The third-order valence-electron chi connectivity index (χ3n) is 4.77. The summed E-state index contributed by atoms with van der Waals surface area (Å²) in [5.74, 6) is 0.772. The van der Waals surface area contributed by atoms with Crippen LogP contribution in [-0.2, 0) is 9.53 Å². The van der Waals surface area contributed by atoms with Crippen molar-refractivity contribution in [3.8, 4) is 0 Å². The summed E-state index contributed by atoms with van der Waals surface area (Å²) >= 11 is 0. The second-order valence-corrected chi connectivity index (χ2v) is 6.32. The Hall–Kier alpha value is -1.78. The van der Waals surface area contributed by atoms with E-state index in [4.69, 9.17) is 9.15 Å². The molecule has 0 unspecified atom stereocenters. The predicted molar refractivity (Wildman–Crippen MR) is 82.4 cm³/mol. The summed E-state index contributed by atoms with van der Waals surface area (Å²) in [6.45, 7) is 7.67. The van der Waals surface area contributed by atoms with Crippen molar-refractivity contribution in [2.45, 2.75) is 59.1 Å². The number of ether oxygens (including phenoxy) is 1. The highest BCUT2D eigenvalue weighted by Crippen LogP contribution is 2.29. The molecular weight excluding hydrogens is 282 g/mol. The second-order valence-electron chi connectivity index (χ2n) is 6.32. The van der Waals surface area contributed by atoms with E-state index in [0.29, 0.717) is 23.2 Å². The summed E-state index contributed by atoms with van der Waals surface area (Å²) in [7, 11) is 0. The number of hydrogen-bond acceptors (Lipinski definition) is 4. The van der Waals surface area contributed by atoms with Crippen LogP contribution in [0.5, 0.6) is 0 Å². The fourth-order valence-electron chi connectivity index (χ4n) is 2.96. The van der Waals surface area contributed by atoms with Crippen LogP contribution in [-0.4, -0.2) is 24.0 Å². The molecule has 1 fully saturated rings. The first-order chi connectivity index (χ1) is 10.4. The van der Waals surface area contributed by atoms with Gasteiger partial charge in [-0.2, -0.15) is 0 Å². The van der Waals surface area contributed by atoms with E-state index >= 15 is 0 Å². The maximum Gasteiger partial charge on any atom is 0.342 e. The lowest BCUT2D eigenvalue weighted by atomic mass is 9.78. The molecular formula is C17H25NO4. The van der Waals surface area contributed by atoms with Gasteiger partial charge in [0.15, 0.2) is 6.10 Å². The molecule has 1 amide bonds. The Labute approximate surface area is 131 Å². The smallest absolute Gasteiger partial charge is 0.342 e. The molecule has 0 bridgehead atoms. The Morgan fingerprint density at radius 2 is 2.09 bits per heavy atom. The Balaban J connectivity index is 1.89. The number of nitrogens with one attached hydrogen (secondary N) is 1. The molecule has 5 nitrogen and oxygen atoms in total. The number of esters is 1. The van der Waals surface area contributed by atoms with E-state index in [1.165, 1.54) is 12.7 Å². The Bertz CT molecular complexity index is 537. The van der Waals surface area contributed by atoms with Crippen molar-refractivity contribution in [1.29, 1.82) is 0 Å². The molecule has 5 heteroatoms. The van der Waals surface area contributed by atoms with E-state index in [-0.39, 0.29) is 11.9 Å². The molecule has 1 aliphatic carbocycles. The minimum Gasteiger partial charge on any atom is -0.469 e. The van der Waals surface area contributed by atoms with Crippen molar-refractivity contribution in [3.63, 3.8) is 0 Å². The van der Waals surface area contributed by atoms with E-state index in [9.17, 15) is 9.59 Å². The van der Waals surface area contributed by atoms with Crippen molar-refractivity contribution in [2.24, 2.45) is 11.8 Å². The van der Waals surface area contributed by atoms with Gasteiger partial charge in [0.1, 0.15) is 11.3 Å². The van der Waals surface area contributed by atoms with Gasteiger partial charge in [-0.1, -0.05) is 26.7 Å². The second kappa shape index (κ2) is 6.99. The third kappa shape index (κ3) is 3.70. The molecule has 1 aromatic rings. The summed E-state index contributed by atoms with van der Waals surface area (Å²) in [5.41, 5.74) is 0.360. The first kappa shape index (κ1) is 16.6. The molecule has 1 aliphatic rings. The summed E-state index contributed by atoms with van der Waals surface area (Å²) < 4.78 is 10.3. The van der Waals surface area contributed by atoms with E-state index in [0.717, 1.165) is 12.8 Å². The maximum absolute atomic E-state index is 12.2. The minimum atomic E-state index is -0.814. The van der Waals surface area contributed by atoms with E-state index in [1.54, 1.807) is 19.9 Å². The number of aryl methyl sites for hydroxylation is 1. The molecule has 0 saturated heterocycles. The fourth-order valence-corrected chi connectivity index (χ4v) is 2.96. The van der Waals surface area contributed by atoms with Crippen LogP contribution in [0.25, 0.3) is 0 Å². The van der Waals surface area contributed by atoms with Gasteiger partial charge in [-0.25, -0.2) is 4.79 Å². The van der Waals surface area contributed by atoms with Crippen molar-refractivity contribution in [1.82, 2.24) is 5.32 Å². The van der Waals surface area contributed by atoms with Gasteiger partial charge < -0.3 is 14.5 Å². The highest BCUT2D eigenvalue weighted by molar-refractivity contribution is 5.93. The highest BCUT2D eigenvalue weighted by atomic mass is 16.5. The molecule has 1 saturated carbocycles. The van der Waals surface area contributed by atoms with Gasteiger partial charge in [-0.15, -0.1) is 0 Å². The van der Waals surface area contributed by atoms with Gasteiger partial charge in [-0.3, -0.25) is 4.79 Å². The van der Waals surface area contributed by atoms with Crippen molar-refractivity contribution in [3.05, 3.63) is 23.7 Å². The third-order valence-corrected chi connectivity index (χ3v) is 4.77. The average Bonchev–Trinajstić information content (AvgIpc) is 2.90. The van der Waals surface area contributed by atoms with Gasteiger partial charge in [-0.05, 0) is 38.2 Å². The number of furan rings is 1. The molecule has 0 spiro atoms. The average molecular weight is 307 g/mol. The van der Waals surface area contributed by atoms with E-state index in [2.05, 4.69) is 19.2 Å². The largest absolute Gasteiger partial charge is 0.469 e. The van der Waals surface area contributed by atoms with Crippen LogP contribution in [0.2, 0.25) is 0 Å². The standard InChI is InChI=1S/C17H25NO4/c1-10-6-5-7-15(11(10)2)18-16(19)13(4)22-17(20)14-8-9-21-12(14)3/h8-11,13,15H,5-7H2,1-4H3,(H,18,19)/t10-,11-,13+,15-/m0/s1. The number of carbonyl (C=O) groups is 2. The summed E-state index contributed by atoms with van der Waals surface area (Å²) in [6, 6.07) is 1.71. The van der Waals surface area contributed by atoms with Crippen LogP contribution in [0, 0.1) is 18.8 Å². The normalized spacial score (nSPS) is 26.3. The number of carbonyl (C=O) groups excluding carboxylic acids is 2. The van der Waals surface area contributed by atoms with Gasteiger partial charge in [0.05, 0.1) is 6.26 Å². The molecule has 1 N–H and O–H groups in total. The zero-order valence-corrected chi connectivity index (χ0v) is 13.7. The quantitative estimate of drug-likeness (QED) is 0.868. The molecule has 2 rings (SSSR count). The maximum atomic E-state index is 12.2. The molecule has 1 heterocycles. The summed E-state index contributed by atoms with van der Waals surface area (Å²) in [5, 5.41) is 3.02. The van der Waals surface area contributed by atoms with Gasteiger partial charge in [0, 0.05) is 6.04 Å². The molecule has 0 radical (unpaired) electrons. The van der Waals surface area contributed by atoms with Gasteiger partial charge in [0.2, 0.25) is 0 Å². The van der Waals surface area contributed by atoms with Crippen LogP contribution < -0.4 is 5.32 Å². The Morgan fingerprint density at radius 3 is 2.73 bits per heavy atom. The Kier molecular flexibility index (Phi) is 5.27. The van der Waals surface area contributed by atoms with Crippen molar-refractivity contribution < 1.29 is 18.7 Å². The monoisotopic (exact) mass is 307 g/mol. The van der Waals surface area contributed by atoms with Crippen LogP contribution in [0.1, 0.15) is 56.2 Å². The van der Waals surface area contributed by atoms with Gasteiger partial charge >= 0.3 is 5.97 Å². The van der Waals surface area contributed by atoms with Gasteiger partial charge in [0.25, 0.3) is 5.91 Å². The SMILES string of the molecule is Cc1occc1C(=O)O[C@H](C)C(=O)N[C@H]1CCC[C@H](C)[C@@H]1C. The lowest BCUT2D eigenvalue weighted by Crippen LogP contribution is -2.47. The topological polar surface area (TPSA) is 68.5 Å². The Morgan fingerprint density at radius 1 is 1.36 bits per heavy atom. The van der Waals surface area contributed by atoms with E-state index in [1.807, 2.05) is 0 Å². The first-order valence-electron chi connectivity index (χ1n) is 7.95. The molecule has 0 aliphatic heterocycles. The fraction of sp³-hybridized carbons (Fsp3) is 0.647. The lowest BCUT2D eigenvalue weighted by Gasteiger charge is -2.35. The van der Waals surface area contributed by atoms with Crippen LogP contribution in [0.4, 0.5) is 0 Å². The minimum absolute atomic E-state index is 0.160. The molecule has 0 aromatic carbocycles. The molecule has 122 valence electrons. The van der Waals surface area contributed by atoms with E-state index < -0.39 is 12.1 Å². The number of hydrogen-bond donors (Lipinski definition) is 1. The summed E-state index contributed by atoms with van der Waals surface area (Å²) in [4.78, 5) is 24.2. The highest BCUT2D eigenvalue weighted by Gasteiger charge is 2.30. The first-order valence-corrected chi connectivity index (χ1v) is 7.95.